The van der Waals surface area contributed by atoms with Gasteiger partial charge in [0.25, 0.3) is 0 Å². The van der Waals surface area contributed by atoms with Crippen molar-refractivity contribution in [2.75, 3.05) is 0 Å². The van der Waals surface area contributed by atoms with Crippen LogP contribution >= 0.6 is 15.9 Å². The summed E-state index contributed by atoms with van der Waals surface area (Å²) < 4.78 is -0.551. The van der Waals surface area contributed by atoms with Crippen molar-refractivity contribution in [3.8, 4) is 24.7 Å². The van der Waals surface area contributed by atoms with Gasteiger partial charge in [-0.3, -0.25) is 4.79 Å². The van der Waals surface area contributed by atoms with E-state index in [1.54, 1.807) is 0 Å². The molecule has 0 atom stereocenters. The van der Waals surface area contributed by atoms with E-state index in [4.69, 9.17) is 18.0 Å². The molecule has 0 amide bonds. The van der Waals surface area contributed by atoms with Gasteiger partial charge in [-0.2, -0.15) is 0 Å². The Morgan fingerprint density at radius 2 is 1.56 bits per heavy atom. The molecule has 1 aromatic carbocycles. The summed E-state index contributed by atoms with van der Waals surface area (Å²) in [6.45, 7) is 0. The molecule has 0 radical (unpaired) electrons. The van der Waals surface area contributed by atoms with Gasteiger partial charge in [-0.1, -0.05) is 11.8 Å². The summed E-state index contributed by atoms with van der Waals surface area (Å²) >= 11 is 2.69. The van der Waals surface area contributed by atoms with Gasteiger partial charge in [-0.05, 0) is 28.1 Å². The van der Waals surface area contributed by atoms with Gasteiger partial charge < -0.3 is 5.11 Å². The minimum atomic E-state index is -1.23. The van der Waals surface area contributed by atoms with Crippen molar-refractivity contribution < 1.29 is 14.7 Å². The van der Waals surface area contributed by atoms with Gasteiger partial charge in [0.15, 0.2) is 0 Å². The molecule has 0 saturated heterocycles. The van der Waals surface area contributed by atoms with Crippen molar-refractivity contribution in [2.24, 2.45) is 0 Å². The fraction of sp³-hybridized carbons (Fsp3) is 0. The number of halogens is 1. The lowest BCUT2D eigenvalue weighted by Crippen LogP contribution is -2.06. The van der Waals surface area contributed by atoms with E-state index in [1.165, 1.54) is 12.1 Å². The summed E-state index contributed by atoms with van der Waals surface area (Å²) in [6, 6.07) is 2.50. The second kappa shape index (κ2) is 4.65. The summed E-state index contributed by atoms with van der Waals surface area (Å²) in [6.07, 6.45) is 10.4. The predicted molar refractivity (Wildman–Crippen MR) is 62.5 cm³/mol. The number of benzene rings is 1. The SMILES string of the molecule is C#Cc1cc(C(=O)O)c(C(=O)Br)cc1C#C. The van der Waals surface area contributed by atoms with Gasteiger partial charge in [0.2, 0.25) is 4.69 Å². The molecule has 0 unspecified atom stereocenters. The van der Waals surface area contributed by atoms with Gasteiger partial charge in [-0.15, -0.1) is 12.8 Å². The molecule has 0 aromatic heterocycles. The Bertz CT molecular complexity index is 508. The molecule has 4 heteroatoms. The molecule has 0 aliphatic rings. The van der Waals surface area contributed by atoms with Crippen LogP contribution in [-0.4, -0.2) is 15.8 Å². The van der Waals surface area contributed by atoms with Crippen LogP contribution in [0.4, 0.5) is 0 Å². The molecule has 3 nitrogen and oxygen atoms in total. The molecular weight excluding hydrogens is 272 g/mol. The lowest BCUT2D eigenvalue weighted by Gasteiger charge is -2.04. The first-order valence-corrected chi connectivity index (χ1v) is 4.85. The molecule has 78 valence electrons. The zero-order valence-corrected chi connectivity index (χ0v) is 9.54. The van der Waals surface area contributed by atoms with Crippen LogP contribution in [-0.2, 0) is 0 Å². The summed E-state index contributed by atoms with van der Waals surface area (Å²) in [5, 5.41) is 8.90. The number of carbonyl (C=O) groups excluding carboxylic acids is 1. The maximum Gasteiger partial charge on any atom is 0.336 e. The summed E-state index contributed by atoms with van der Waals surface area (Å²) in [4.78, 5) is 22.1. The molecule has 0 spiro atoms. The Morgan fingerprint density at radius 1 is 1.12 bits per heavy atom. The van der Waals surface area contributed by atoms with E-state index in [0.29, 0.717) is 5.56 Å². The molecule has 0 heterocycles. The van der Waals surface area contributed by atoms with Crippen molar-refractivity contribution in [1.82, 2.24) is 0 Å². The van der Waals surface area contributed by atoms with Crippen LogP contribution in [0.2, 0.25) is 0 Å². The minimum Gasteiger partial charge on any atom is -0.478 e. The standard InChI is InChI=1S/C12H5BrO3/c1-3-7-5-9(11(13)14)10(12(15)16)6-8(7)4-2/h1-2,5-6H,(H,15,16). The lowest BCUT2D eigenvalue weighted by atomic mass is 9.99. The first kappa shape index (κ1) is 12.0. The highest BCUT2D eigenvalue weighted by atomic mass is 79.9. The lowest BCUT2D eigenvalue weighted by molar-refractivity contribution is 0.0693. The Labute approximate surface area is 101 Å². The van der Waals surface area contributed by atoms with E-state index >= 15 is 0 Å². The van der Waals surface area contributed by atoms with Crippen LogP contribution in [0.1, 0.15) is 31.8 Å². The summed E-state index contributed by atoms with van der Waals surface area (Å²) in [5.41, 5.74) is 0.404. The maximum absolute atomic E-state index is 11.2. The number of carbonyl (C=O) groups is 2. The van der Waals surface area contributed by atoms with Crippen molar-refractivity contribution in [3.05, 3.63) is 34.4 Å². The van der Waals surface area contributed by atoms with Gasteiger partial charge in [-0.25, -0.2) is 4.79 Å². The molecule has 16 heavy (non-hydrogen) atoms. The molecule has 0 fully saturated rings. The highest BCUT2D eigenvalue weighted by molar-refractivity contribution is 9.18. The van der Waals surface area contributed by atoms with Crippen LogP contribution in [0.5, 0.6) is 0 Å². The van der Waals surface area contributed by atoms with E-state index in [2.05, 4.69) is 27.8 Å². The molecular formula is C12H5BrO3. The second-order valence-electron chi connectivity index (χ2n) is 2.81. The largest absolute Gasteiger partial charge is 0.478 e. The van der Waals surface area contributed by atoms with Crippen LogP contribution in [0.15, 0.2) is 12.1 Å². The fourth-order valence-corrected chi connectivity index (χ4v) is 1.51. The third-order valence-corrected chi connectivity index (χ3v) is 2.34. The number of rotatable bonds is 2. The Hall–Kier alpha value is -2.04. The number of aromatic carboxylic acids is 1. The summed E-state index contributed by atoms with van der Waals surface area (Å²) in [7, 11) is 0. The Balaban J connectivity index is 3.64. The second-order valence-corrected chi connectivity index (χ2v) is 3.53. The number of terminal acetylenes is 2. The molecule has 1 aromatic rings. The number of hydrogen-bond donors (Lipinski definition) is 1. The molecule has 1 N–H and O–H groups in total. The van der Waals surface area contributed by atoms with Crippen molar-refractivity contribution in [2.45, 2.75) is 0 Å². The van der Waals surface area contributed by atoms with Crippen LogP contribution in [0.25, 0.3) is 0 Å². The smallest absolute Gasteiger partial charge is 0.336 e. The van der Waals surface area contributed by atoms with Gasteiger partial charge in [0.1, 0.15) is 0 Å². The first-order chi connectivity index (χ1) is 7.51. The van der Waals surface area contributed by atoms with E-state index in [1.807, 2.05) is 0 Å². The third-order valence-electron chi connectivity index (χ3n) is 1.91. The van der Waals surface area contributed by atoms with Gasteiger partial charge >= 0.3 is 5.97 Å². The normalized spacial score (nSPS) is 8.94. The van der Waals surface area contributed by atoms with Gasteiger partial charge in [0, 0.05) is 16.7 Å². The number of carboxylic acid groups (broad SMARTS) is 1. The molecule has 0 saturated carbocycles. The van der Waals surface area contributed by atoms with Crippen molar-refractivity contribution >= 4 is 26.6 Å². The highest BCUT2D eigenvalue weighted by Gasteiger charge is 2.17. The quantitative estimate of drug-likeness (QED) is 0.663. The third kappa shape index (κ3) is 2.13. The van der Waals surface area contributed by atoms with E-state index in [9.17, 15) is 9.59 Å². The number of hydrogen-bond acceptors (Lipinski definition) is 2. The molecule has 0 aliphatic heterocycles. The average molecular weight is 277 g/mol. The summed E-state index contributed by atoms with van der Waals surface area (Å²) in [5.74, 6) is 3.34. The van der Waals surface area contributed by atoms with Crippen molar-refractivity contribution in [3.63, 3.8) is 0 Å². The average Bonchev–Trinajstić information content (AvgIpc) is 2.26. The maximum atomic E-state index is 11.2. The minimum absolute atomic E-state index is 0.0144. The van der Waals surface area contributed by atoms with Crippen LogP contribution in [0.3, 0.4) is 0 Å². The van der Waals surface area contributed by atoms with Gasteiger partial charge in [0.05, 0.1) is 5.56 Å². The zero-order chi connectivity index (χ0) is 12.3. The van der Waals surface area contributed by atoms with E-state index in [0.717, 1.165) is 0 Å². The Kier molecular flexibility index (Phi) is 3.50. The molecule has 0 aliphatic carbocycles. The monoisotopic (exact) mass is 276 g/mol. The van der Waals surface area contributed by atoms with Crippen LogP contribution in [0, 0.1) is 24.7 Å². The first-order valence-electron chi connectivity index (χ1n) is 4.05. The van der Waals surface area contributed by atoms with E-state index < -0.39 is 10.7 Å². The zero-order valence-electron chi connectivity index (χ0n) is 7.95. The number of carboxylic acids is 1. The highest BCUT2D eigenvalue weighted by Crippen LogP contribution is 2.19. The predicted octanol–water partition coefficient (Wildman–Crippen LogP) is 1.88. The molecule has 1 rings (SSSR count). The fourth-order valence-electron chi connectivity index (χ4n) is 1.18. The van der Waals surface area contributed by atoms with E-state index in [-0.39, 0.29) is 16.7 Å². The topological polar surface area (TPSA) is 54.4 Å². The van der Waals surface area contributed by atoms with Crippen LogP contribution < -0.4 is 0 Å². The molecule has 0 bridgehead atoms. The Morgan fingerprint density at radius 3 is 1.88 bits per heavy atom. The van der Waals surface area contributed by atoms with Crippen molar-refractivity contribution in [1.29, 1.82) is 0 Å².